The second-order valence-corrected chi connectivity index (χ2v) is 8.82. The van der Waals surface area contributed by atoms with Crippen LogP contribution in [0.4, 0.5) is 0 Å². The van der Waals surface area contributed by atoms with E-state index in [1.807, 2.05) is 42.5 Å². The molecule has 1 aromatic carbocycles. The molecule has 3 N–H and O–H groups in total. The molecule has 2 amide bonds. The van der Waals surface area contributed by atoms with Crippen molar-refractivity contribution in [1.82, 2.24) is 10.6 Å². The van der Waals surface area contributed by atoms with E-state index in [-0.39, 0.29) is 29.9 Å². The number of aliphatic hydroxyl groups is 1. The standard InChI is InChI=1S/C25H28N2O6/c28-20(13-10-15-6-2-1-3-7-15)26-18-9-5-4-8-16-11-12-17(22(16)23(18)30)24(31)27-19-14-21(29)33-25(19)32/h1-7,10,13,16-19,22,25,32H,8-9,11-12,14H2,(H,26,28)(H,27,31)/b5-4-,13-10?. The minimum atomic E-state index is -1.38. The molecular weight excluding hydrogens is 424 g/mol. The summed E-state index contributed by atoms with van der Waals surface area (Å²) >= 11 is 0. The van der Waals surface area contributed by atoms with Crippen LogP contribution in [0.5, 0.6) is 0 Å². The Morgan fingerprint density at radius 3 is 2.52 bits per heavy atom. The third-order valence-corrected chi connectivity index (χ3v) is 6.63. The second kappa shape index (κ2) is 10.1. The van der Waals surface area contributed by atoms with Gasteiger partial charge in [-0.05, 0) is 43.2 Å². The molecule has 33 heavy (non-hydrogen) atoms. The third-order valence-electron chi connectivity index (χ3n) is 6.63. The highest BCUT2D eigenvalue weighted by Gasteiger charge is 2.47. The molecular formula is C25H28N2O6. The van der Waals surface area contributed by atoms with Crippen LogP contribution in [-0.2, 0) is 23.9 Å². The van der Waals surface area contributed by atoms with Gasteiger partial charge < -0.3 is 20.5 Å². The SMILES string of the molecule is O=C(C=Cc1ccccc1)NC1C/C=C\CC2CCC(C(=O)NC3CC(=O)OC3O)C2C1=O. The molecule has 6 unspecified atom stereocenters. The van der Waals surface area contributed by atoms with E-state index in [4.69, 9.17) is 0 Å². The number of fused-ring (bicyclic) bond motifs is 1. The molecule has 1 aliphatic heterocycles. The van der Waals surface area contributed by atoms with Crippen LogP contribution in [0.15, 0.2) is 48.6 Å². The van der Waals surface area contributed by atoms with Gasteiger partial charge in [-0.15, -0.1) is 0 Å². The van der Waals surface area contributed by atoms with Gasteiger partial charge in [-0.25, -0.2) is 0 Å². The van der Waals surface area contributed by atoms with E-state index in [0.717, 1.165) is 12.0 Å². The minimum Gasteiger partial charge on any atom is -0.434 e. The lowest BCUT2D eigenvalue weighted by Crippen LogP contribution is -2.49. The van der Waals surface area contributed by atoms with E-state index < -0.39 is 36.2 Å². The second-order valence-electron chi connectivity index (χ2n) is 8.82. The van der Waals surface area contributed by atoms with Crippen LogP contribution in [0.3, 0.4) is 0 Å². The van der Waals surface area contributed by atoms with Gasteiger partial charge in [0.15, 0.2) is 5.78 Å². The first-order valence-electron chi connectivity index (χ1n) is 11.3. The van der Waals surface area contributed by atoms with Crippen molar-refractivity contribution in [2.45, 2.75) is 50.5 Å². The van der Waals surface area contributed by atoms with E-state index in [0.29, 0.717) is 19.3 Å². The van der Waals surface area contributed by atoms with Crippen LogP contribution in [-0.4, -0.2) is 47.0 Å². The number of nitrogens with one attached hydrogen (secondary N) is 2. The summed E-state index contributed by atoms with van der Waals surface area (Å²) < 4.78 is 4.69. The van der Waals surface area contributed by atoms with Gasteiger partial charge >= 0.3 is 5.97 Å². The molecule has 0 radical (unpaired) electrons. The number of ketones is 1. The van der Waals surface area contributed by atoms with E-state index >= 15 is 0 Å². The summed E-state index contributed by atoms with van der Waals surface area (Å²) in [5.74, 6) is -2.55. The van der Waals surface area contributed by atoms with Crippen molar-refractivity contribution in [3.63, 3.8) is 0 Å². The van der Waals surface area contributed by atoms with Gasteiger partial charge in [-0.1, -0.05) is 42.5 Å². The lowest BCUT2D eigenvalue weighted by atomic mass is 9.78. The summed E-state index contributed by atoms with van der Waals surface area (Å²) in [6.07, 6.45) is 7.84. The predicted octanol–water partition coefficient (Wildman–Crippen LogP) is 1.50. The van der Waals surface area contributed by atoms with E-state index in [2.05, 4.69) is 15.4 Å². The van der Waals surface area contributed by atoms with Crippen molar-refractivity contribution >= 4 is 29.6 Å². The van der Waals surface area contributed by atoms with Gasteiger partial charge in [-0.2, -0.15) is 0 Å². The van der Waals surface area contributed by atoms with Crippen molar-refractivity contribution in [1.29, 1.82) is 0 Å². The summed E-state index contributed by atoms with van der Waals surface area (Å²) in [5, 5.41) is 15.3. The Kier molecular flexibility index (Phi) is 7.03. The molecule has 1 aromatic rings. The lowest BCUT2D eigenvalue weighted by Gasteiger charge is -2.29. The average Bonchev–Trinajstić information content (AvgIpc) is 3.35. The van der Waals surface area contributed by atoms with Gasteiger partial charge in [0, 0.05) is 17.9 Å². The number of carbonyl (C=O) groups is 4. The van der Waals surface area contributed by atoms with E-state index in [9.17, 15) is 24.3 Å². The first-order chi connectivity index (χ1) is 15.9. The summed E-state index contributed by atoms with van der Waals surface area (Å²) in [4.78, 5) is 50.3. The lowest BCUT2D eigenvalue weighted by molar-refractivity contribution is -0.155. The molecule has 0 bridgehead atoms. The molecule has 2 aliphatic carbocycles. The van der Waals surface area contributed by atoms with Gasteiger partial charge in [0.25, 0.3) is 0 Å². The number of rotatable bonds is 5. The molecule has 8 nitrogen and oxygen atoms in total. The van der Waals surface area contributed by atoms with Crippen LogP contribution < -0.4 is 10.6 Å². The Labute approximate surface area is 192 Å². The molecule has 0 aromatic heterocycles. The Morgan fingerprint density at radius 1 is 1.03 bits per heavy atom. The maximum atomic E-state index is 13.5. The highest BCUT2D eigenvalue weighted by atomic mass is 16.6. The average molecular weight is 453 g/mol. The fraction of sp³-hybridized carbons (Fsp3) is 0.440. The molecule has 1 saturated heterocycles. The summed E-state index contributed by atoms with van der Waals surface area (Å²) in [6.45, 7) is 0. The molecule has 4 rings (SSSR count). The number of esters is 1. The van der Waals surface area contributed by atoms with Gasteiger partial charge in [0.05, 0.1) is 12.5 Å². The number of hydrogen-bond acceptors (Lipinski definition) is 6. The fourth-order valence-electron chi connectivity index (χ4n) is 4.97. The number of hydrogen-bond donors (Lipinski definition) is 3. The highest BCUT2D eigenvalue weighted by molar-refractivity contribution is 5.98. The number of Topliss-reactive ketones (excluding diaryl/α,β-unsaturated/α-hetero) is 1. The molecule has 3 aliphatic rings. The zero-order valence-corrected chi connectivity index (χ0v) is 18.2. The highest BCUT2D eigenvalue weighted by Crippen LogP contribution is 2.42. The maximum Gasteiger partial charge on any atom is 0.310 e. The van der Waals surface area contributed by atoms with E-state index in [1.54, 1.807) is 6.08 Å². The molecule has 6 atom stereocenters. The summed E-state index contributed by atoms with van der Waals surface area (Å²) in [5.41, 5.74) is 0.876. The van der Waals surface area contributed by atoms with Crippen LogP contribution in [0.25, 0.3) is 6.08 Å². The molecule has 2 fully saturated rings. The summed E-state index contributed by atoms with van der Waals surface area (Å²) in [6, 6.07) is 7.85. The van der Waals surface area contributed by atoms with Crippen molar-refractivity contribution in [2.24, 2.45) is 17.8 Å². The quantitative estimate of drug-likeness (QED) is 0.354. The minimum absolute atomic E-state index is 0.00967. The topological polar surface area (TPSA) is 122 Å². The first-order valence-corrected chi connectivity index (χ1v) is 11.3. The Bertz CT molecular complexity index is 972. The largest absolute Gasteiger partial charge is 0.434 e. The molecule has 8 heteroatoms. The Morgan fingerprint density at radius 2 is 1.79 bits per heavy atom. The normalized spacial score (nSPS) is 32.5. The van der Waals surface area contributed by atoms with Crippen LogP contribution in [0.1, 0.15) is 37.7 Å². The van der Waals surface area contributed by atoms with Crippen LogP contribution in [0, 0.1) is 17.8 Å². The van der Waals surface area contributed by atoms with Crippen LogP contribution in [0.2, 0.25) is 0 Å². The molecule has 1 heterocycles. The van der Waals surface area contributed by atoms with Crippen molar-refractivity contribution in [2.75, 3.05) is 0 Å². The number of aliphatic hydroxyl groups excluding tert-OH is 1. The summed E-state index contributed by atoms with van der Waals surface area (Å²) in [7, 11) is 0. The van der Waals surface area contributed by atoms with Gasteiger partial charge in [0.1, 0.15) is 6.04 Å². The fourth-order valence-corrected chi connectivity index (χ4v) is 4.97. The zero-order valence-electron chi connectivity index (χ0n) is 18.2. The zero-order chi connectivity index (χ0) is 23.4. The number of amides is 2. The Balaban J connectivity index is 1.44. The number of benzene rings is 1. The number of carbonyl (C=O) groups excluding carboxylic acids is 4. The first kappa shape index (κ1) is 22.9. The number of cyclic esters (lactones) is 1. The smallest absolute Gasteiger partial charge is 0.310 e. The van der Waals surface area contributed by atoms with Gasteiger partial charge in [0.2, 0.25) is 18.1 Å². The third kappa shape index (κ3) is 5.39. The van der Waals surface area contributed by atoms with Crippen molar-refractivity contribution < 1.29 is 29.0 Å². The molecule has 0 spiro atoms. The van der Waals surface area contributed by atoms with Crippen molar-refractivity contribution in [3.8, 4) is 0 Å². The van der Waals surface area contributed by atoms with E-state index in [1.165, 1.54) is 6.08 Å². The Hall–Kier alpha value is -3.26. The number of allylic oxidation sites excluding steroid dienone is 1. The maximum absolute atomic E-state index is 13.5. The van der Waals surface area contributed by atoms with Crippen molar-refractivity contribution in [3.05, 3.63) is 54.1 Å². The molecule has 1 saturated carbocycles. The number of ether oxygens (including phenoxy) is 1. The van der Waals surface area contributed by atoms with Crippen LogP contribution >= 0.6 is 0 Å². The monoisotopic (exact) mass is 452 g/mol. The molecule has 174 valence electrons. The predicted molar refractivity (Wildman–Crippen MR) is 119 cm³/mol. The van der Waals surface area contributed by atoms with Gasteiger partial charge in [-0.3, -0.25) is 19.2 Å².